The van der Waals surface area contributed by atoms with Gasteiger partial charge in [-0.15, -0.1) is 0 Å². The van der Waals surface area contributed by atoms with Crippen LogP contribution < -0.4 is 4.90 Å². The highest BCUT2D eigenvalue weighted by atomic mass is 16.6. The Morgan fingerprint density at radius 2 is 2.00 bits per heavy atom. The van der Waals surface area contributed by atoms with E-state index < -0.39 is 6.10 Å². The van der Waals surface area contributed by atoms with E-state index >= 15 is 0 Å². The van der Waals surface area contributed by atoms with Crippen molar-refractivity contribution in [1.82, 2.24) is 20.2 Å². The number of carbonyl (C=O) groups is 1. The SMILES string of the molecule is Cc1c([C@@H](O)CN2CCC3(CC2)CCN(c2cnc4nonc4c2)C3)ccc2c1COC2=O. The molecule has 1 spiro atoms. The Balaban J connectivity index is 1.08. The zero-order valence-electron chi connectivity index (χ0n) is 18.7. The van der Waals surface area contributed by atoms with Crippen LogP contribution in [0.1, 0.15) is 52.4 Å². The molecule has 2 saturated heterocycles. The minimum absolute atomic E-state index is 0.269. The summed E-state index contributed by atoms with van der Waals surface area (Å²) in [6, 6.07) is 5.66. The number of rotatable bonds is 4. The number of likely N-dealkylation sites (tertiary alicyclic amines) is 1. The number of cyclic esters (lactones) is 1. The largest absolute Gasteiger partial charge is 0.457 e. The van der Waals surface area contributed by atoms with Gasteiger partial charge in [-0.25, -0.2) is 14.4 Å². The molecule has 1 atom stereocenters. The summed E-state index contributed by atoms with van der Waals surface area (Å²) in [5.74, 6) is -0.269. The molecule has 3 aliphatic heterocycles. The Bertz CT molecular complexity index is 1220. The number of fused-ring (bicyclic) bond motifs is 2. The third kappa shape index (κ3) is 3.55. The van der Waals surface area contributed by atoms with E-state index in [1.165, 1.54) is 0 Å². The lowest BCUT2D eigenvalue weighted by atomic mass is 9.77. The standard InChI is InChI=1S/C24H27N5O4/c1-15-17(2-3-18-19(15)13-32-23(18)31)21(30)12-28-7-4-24(5-8-28)6-9-29(14-24)16-10-20-22(25-11-16)27-33-26-20/h2-3,10-11,21,30H,4-9,12-14H2,1H3/t21-/m0/s1. The number of aromatic nitrogens is 3. The van der Waals surface area contributed by atoms with Crippen LogP contribution in [0.2, 0.25) is 0 Å². The number of anilines is 1. The number of nitrogens with zero attached hydrogens (tertiary/aromatic N) is 5. The van der Waals surface area contributed by atoms with Gasteiger partial charge >= 0.3 is 5.97 Å². The normalized spacial score (nSPS) is 21.0. The van der Waals surface area contributed by atoms with Gasteiger partial charge in [0.05, 0.1) is 23.6 Å². The van der Waals surface area contributed by atoms with Gasteiger partial charge in [0.1, 0.15) is 6.61 Å². The monoisotopic (exact) mass is 449 g/mol. The first kappa shape index (κ1) is 20.6. The van der Waals surface area contributed by atoms with Crippen LogP contribution in [0.25, 0.3) is 11.2 Å². The number of piperidine rings is 1. The number of pyridine rings is 1. The molecule has 0 radical (unpaired) electrons. The maximum absolute atomic E-state index is 11.8. The van der Waals surface area contributed by atoms with Crippen LogP contribution in [0.3, 0.4) is 0 Å². The van der Waals surface area contributed by atoms with Crippen LogP contribution in [-0.2, 0) is 11.3 Å². The summed E-state index contributed by atoms with van der Waals surface area (Å²) < 4.78 is 9.92. The van der Waals surface area contributed by atoms with Gasteiger partial charge in [0, 0.05) is 25.2 Å². The van der Waals surface area contributed by atoms with E-state index in [2.05, 4.69) is 25.1 Å². The Hall–Kier alpha value is -3.04. The van der Waals surface area contributed by atoms with Crippen LogP contribution in [0.5, 0.6) is 0 Å². The van der Waals surface area contributed by atoms with Gasteiger partial charge in [0.25, 0.3) is 0 Å². The van der Waals surface area contributed by atoms with Gasteiger partial charge in [-0.05, 0) is 78.3 Å². The number of esters is 1. The van der Waals surface area contributed by atoms with E-state index in [4.69, 9.17) is 9.37 Å². The Morgan fingerprint density at radius 1 is 1.18 bits per heavy atom. The summed E-state index contributed by atoms with van der Waals surface area (Å²) >= 11 is 0. The second-order valence-electron chi connectivity index (χ2n) is 9.67. The van der Waals surface area contributed by atoms with E-state index in [0.717, 1.165) is 67.8 Å². The number of ether oxygens (including phenoxy) is 1. The zero-order valence-corrected chi connectivity index (χ0v) is 18.7. The number of β-amino-alcohol motifs (C(OH)–C–C–N with tert-alkyl or cyclic N) is 1. The molecule has 3 aliphatic rings. The van der Waals surface area contributed by atoms with E-state index in [1.807, 2.05) is 25.3 Å². The number of hydrogen-bond donors (Lipinski definition) is 1. The van der Waals surface area contributed by atoms with Crippen molar-refractivity contribution in [2.75, 3.05) is 37.6 Å². The van der Waals surface area contributed by atoms with Crippen molar-refractivity contribution < 1.29 is 19.3 Å². The molecule has 9 heteroatoms. The topological polar surface area (TPSA) is 105 Å². The fourth-order valence-corrected chi connectivity index (χ4v) is 5.69. The van der Waals surface area contributed by atoms with Crippen molar-refractivity contribution in [1.29, 1.82) is 0 Å². The predicted molar refractivity (Wildman–Crippen MR) is 120 cm³/mol. The second-order valence-corrected chi connectivity index (χ2v) is 9.67. The molecule has 0 aliphatic carbocycles. The highest BCUT2D eigenvalue weighted by Gasteiger charge is 2.41. The molecular formula is C24H27N5O4. The Kier molecular flexibility index (Phi) is 4.84. The van der Waals surface area contributed by atoms with Crippen molar-refractivity contribution in [3.8, 4) is 0 Å². The molecular weight excluding hydrogens is 422 g/mol. The highest BCUT2D eigenvalue weighted by molar-refractivity contribution is 5.94. The van der Waals surface area contributed by atoms with Gasteiger partial charge in [-0.1, -0.05) is 6.07 Å². The molecule has 9 nitrogen and oxygen atoms in total. The van der Waals surface area contributed by atoms with Crippen LogP contribution in [0, 0.1) is 12.3 Å². The average molecular weight is 450 g/mol. The van der Waals surface area contributed by atoms with Gasteiger partial charge in [-0.3, -0.25) is 0 Å². The summed E-state index contributed by atoms with van der Waals surface area (Å²) in [5.41, 5.74) is 6.01. The molecule has 1 N–H and O–H groups in total. The number of carbonyl (C=O) groups excluding carboxylic acids is 1. The van der Waals surface area contributed by atoms with Crippen molar-refractivity contribution in [3.05, 3.63) is 46.6 Å². The van der Waals surface area contributed by atoms with Crippen LogP contribution in [-0.4, -0.2) is 64.0 Å². The fourth-order valence-electron chi connectivity index (χ4n) is 5.69. The molecule has 1 aromatic carbocycles. The minimum Gasteiger partial charge on any atom is -0.457 e. The van der Waals surface area contributed by atoms with E-state index in [9.17, 15) is 9.90 Å². The molecule has 2 aromatic heterocycles. The smallest absolute Gasteiger partial charge is 0.338 e. The molecule has 0 unspecified atom stereocenters. The van der Waals surface area contributed by atoms with Crippen LogP contribution >= 0.6 is 0 Å². The van der Waals surface area contributed by atoms with Crippen molar-refractivity contribution in [2.24, 2.45) is 5.41 Å². The van der Waals surface area contributed by atoms with Gasteiger partial charge in [0.2, 0.25) is 5.65 Å². The first-order valence-electron chi connectivity index (χ1n) is 11.5. The van der Waals surface area contributed by atoms with Crippen molar-refractivity contribution in [3.63, 3.8) is 0 Å². The van der Waals surface area contributed by atoms with E-state index in [0.29, 0.717) is 35.3 Å². The zero-order chi connectivity index (χ0) is 22.6. The minimum atomic E-state index is -0.575. The molecule has 0 saturated carbocycles. The number of aliphatic hydroxyl groups excluding tert-OH is 1. The third-order valence-corrected chi connectivity index (χ3v) is 7.82. The first-order chi connectivity index (χ1) is 16.0. The molecule has 172 valence electrons. The van der Waals surface area contributed by atoms with E-state index in [1.54, 1.807) is 6.07 Å². The summed E-state index contributed by atoms with van der Waals surface area (Å²) in [6.07, 6.45) is 4.67. The molecule has 5 heterocycles. The summed E-state index contributed by atoms with van der Waals surface area (Å²) in [7, 11) is 0. The third-order valence-electron chi connectivity index (χ3n) is 7.82. The second kappa shape index (κ2) is 7.78. The highest BCUT2D eigenvalue weighted by Crippen LogP contribution is 2.42. The van der Waals surface area contributed by atoms with Crippen molar-refractivity contribution in [2.45, 2.75) is 38.9 Å². The average Bonchev–Trinajstić information content (AvgIpc) is 3.55. The number of hydrogen-bond acceptors (Lipinski definition) is 9. The fraction of sp³-hybridized carbons (Fsp3) is 0.500. The molecule has 0 bridgehead atoms. The lowest BCUT2D eigenvalue weighted by Crippen LogP contribution is -2.43. The Labute approximate surface area is 191 Å². The van der Waals surface area contributed by atoms with Gasteiger partial charge < -0.3 is 19.6 Å². The summed E-state index contributed by atoms with van der Waals surface area (Å²) in [5, 5.41) is 18.7. The van der Waals surface area contributed by atoms with Crippen LogP contribution in [0.15, 0.2) is 29.0 Å². The van der Waals surface area contributed by atoms with Crippen molar-refractivity contribution >= 4 is 22.8 Å². The van der Waals surface area contributed by atoms with Crippen LogP contribution in [0.4, 0.5) is 5.69 Å². The Morgan fingerprint density at radius 3 is 2.85 bits per heavy atom. The van der Waals surface area contributed by atoms with Gasteiger partial charge in [-0.2, -0.15) is 0 Å². The lowest BCUT2D eigenvalue weighted by molar-refractivity contribution is 0.0534. The molecule has 2 fully saturated rings. The predicted octanol–water partition coefficient (Wildman–Crippen LogP) is 2.62. The summed E-state index contributed by atoms with van der Waals surface area (Å²) in [4.78, 5) is 20.9. The first-order valence-corrected chi connectivity index (χ1v) is 11.5. The lowest BCUT2D eigenvalue weighted by Gasteiger charge is -2.40. The number of aliphatic hydroxyl groups is 1. The summed E-state index contributed by atoms with van der Waals surface area (Å²) in [6.45, 7) is 6.85. The maximum Gasteiger partial charge on any atom is 0.338 e. The number of benzene rings is 1. The van der Waals surface area contributed by atoms with E-state index in [-0.39, 0.29) is 5.97 Å². The molecule has 3 aromatic rings. The van der Waals surface area contributed by atoms with Gasteiger partial charge in [0.15, 0.2) is 5.52 Å². The molecule has 33 heavy (non-hydrogen) atoms. The molecule has 6 rings (SSSR count). The molecule has 0 amide bonds. The quantitative estimate of drug-likeness (QED) is 0.602. The maximum atomic E-state index is 11.8.